The summed E-state index contributed by atoms with van der Waals surface area (Å²) >= 11 is 0. The molecule has 1 amide bonds. The highest BCUT2D eigenvalue weighted by molar-refractivity contribution is 5.76. The lowest BCUT2D eigenvalue weighted by atomic mass is 10.0. The van der Waals surface area contributed by atoms with Gasteiger partial charge in [0, 0.05) is 12.8 Å². The van der Waals surface area contributed by atoms with Crippen LogP contribution in [0.4, 0.5) is 0 Å². The molecule has 0 aliphatic carbocycles. The van der Waals surface area contributed by atoms with E-state index in [0.29, 0.717) is 19.4 Å². The Labute approximate surface area is 468 Å². The van der Waals surface area contributed by atoms with Crippen LogP contribution in [0.25, 0.3) is 0 Å². The van der Waals surface area contributed by atoms with Crippen LogP contribution < -0.4 is 5.32 Å². The molecule has 0 aliphatic heterocycles. The molecule has 0 saturated carbocycles. The van der Waals surface area contributed by atoms with Gasteiger partial charge in [0.2, 0.25) is 5.91 Å². The molecule has 0 aromatic carbocycles. The molecule has 0 heterocycles. The van der Waals surface area contributed by atoms with E-state index in [0.717, 1.165) is 51.4 Å². The number of rotatable bonds is 63. The maximum atomic E-state index is 12.5. The standard InChI is InChI=1S/C69H131NO5/c1-3-5-7-9-11-13-15-17-19-20-21-22-25-28-31-34-37-41-45-49-53-57-61-67(72)66(65-71)70-68(73)62-58-54-50-46-42-38-35-32-29-26-23-24-27-30-33-36-40-44-48-52-56-60-64-75-69(74)63-59-55-51-47-43-39-18-16-14-12-10-8-6-4-2/h16,18,26,29,57,61,66-67,71-72H,3-15,17,19-25,27-28,30-56,58-60,62-65H2,1-2H3,(H,70,73)/b18-16-,29-26-,61-57+. The third-order valence-corrected chi connectivity index (χ3v) is 15.6. The van der Waals surface area contributed by atoms with Crippen molar-refractivity contribution in [3.63, 3.8) is 0 Å². The summed E-state index contributed by atoms with van der Waals surface area (Å²) in [5.74, 6) is -0.0707. The van der Waals surface area contributed by atoms with Crippen molar-refractivity contribution in [1.82, 2.24) is 5.32 Å². The molecule has 0 fully saturated rings. The van der Waals surface area contributed by atoms with Crippen LogP contribution in [0.3, 0.4) is 0 Å². The van der Waals surface area contributed by atoms with Crippen LogP contribution in [-0.4, -0.2) is 47.4 Å². The zero-order chi connectivity index (χ0) is 54.3. The van der Waals surface area contributed by atoms with Crippen molar-refractivity contribution < 1.29 is 24.5 Å². The molecule has 442 valence electrons. The molecule has 75 heavy (non-hydrogen) atoms. The first-order valence-electron chi connectivity index (χ1n) is 33.8. The fraction of sp³-hybridized carbons (Fsp3) is 0.884. The van der Waals surface area contributed by atoms with Crippen molar-refractivity contribution in [3.8, 4) is 0 Å². The molecule has 0 aromatic heterocycles. The lowest BCUT2D eigenvalue weighted by Crippen LogP contribution is -2.45. The summed E-state index contributed by atoms with van der Waals surface area (Å²) in [5.41, 5.74) is 0. The molecule has 2 atom stereocenters. The number of carbonyl (C=O) groups is 2. The topological polar surface area (TPSA) is 95.9 Å². The van der Waals surface area contributed by atoms with Gasteiger partial charge in [-0.2, -0.15) is 0 Å². The van der Waals surface area contributed by atoms with E-state index in [-0.39, 0.29) is 18.5 Å². The van der Waals surface area contributed by atoms with E-state index in [9.17, 15) is 19.8 Å². The SMILES string of the molecule is CCCCCCC/C=C\CCCCCCCC(=O)OCCCCCCCCCCCCC/C=C\CCCCCCCCCC(=O)NC(CO)C(O)/C=C/CCCCCCCCCCCCCCCCCCCCCC. The van der Waals surface area contributed by atoms with E-state index in [1.807, 2.05) is 6.08 Å². The highest BCUT2D eigenvalue weighted by Gasteiger charge is 2.18. The molecule has 0 rings (SSSR count). The molecule has 0 aromatic rings. The number of esters is 1. The van der Waals surface area contributed by atoms with Crippen molar-refractivity contribution in [3.05, 3.63) is 36.5 Å². The quantitative estimate of drug-likeness (QED) is 0.0320. The van der Waals surface area contributed by atoms with Gasteiger partial charge in [-0.05, 0) is 83.5 Å². The van der Waals surface area contributed by atoms with Gasteiger partial charge in [-0.1, -0.05) is 307 Å². The Morgan fingerprint density at radius 2 is 0.627 bits per heavy atom. The van der Waals surface area contributed by atoms with E-state index < -0.39 is 12.1 Å². The number of amides is 1. The lowest BCUT2D eigenvalue weighted by molar-refractivity contribution is -0.143. The summed E-state index contributed by atoms with van der Waals surface area (Å²) in [4.78, 5) is 24.6. The Bertz CT molecular complexity index is 1210. The van der Waals surface area contributed by atoms with E-state index in [1.165, 1.54) is 289 Å². The van der Waals surface area contributed by atoms with Gasteiger partial charge >= 0.3 is 5.97 Å². The van der Waals surface area contributed by atoms with Gasteiger partial charge in [0.15, 0.2) is 0 Å². The molecular weight excluding hydrogens is 923 g/mol. The maximum Gasteiger partial charge on any atom is 0.305 e. The van der Waals surface area contributed by atoms with Gasteiger partial charge in [-0.15, -0.1) is 0 Å². The summed E-state index contributed by atoms with van der Waals surface area (Å²) in [6.07, 6.45) is 82.0. The van der Waals surface area contributed by atoms with Gasteiger partial charge in [0.1, 0.15) is 0 Å². The van der Waals surface area contributed by atoms with Gasteiger partial charge < -0.3 is 20.3 Å². The number of aliphatic hydroxyl groups excluding tert-OH is 2. The molecule has 6 nitrogen and oxygen atoms in total. The average Bonchev–Trinajstić information content (AvgIpc) is 3.41. The summed E-state index contributed by atoms with van der Waals surface area (Å²) in [6.45, 7) is 4.91. The highest BCUT2D eigenvalue weighted by atomic mass is 16.5. The first kappa shape index (κ1) is 73.1. The molecule has 0 bridgehead atoms. The van der Waals surface area contributed by atoms with Gasteiger partial charge in [0.05, 0.1) is 25.4 Å². The fourth-order valence-corrected chi connectivity index (χ4v) is 10.4. The third kappa shape index (κ3) is 61.2. The molecule has 0 saturated heterocycles. The Kier molecular flexibility index (Phi) is 63.0. The van der Waals surface area contributed by atoms with Crippen LogP contribution in [0.1, 0.15) is 367 Å². The van der Waals surface area contributed by atoms with Gasteiger partial charge in [-0.3, -0.25) is 9.59 Å². The second-order valence-electron chi connectivity index (χ2n) is 23.1. The fourth-order valence-electron chi connectivity index (χ4n) is 10.4. The number of nitrogens with one attached hydrogen (secondary N) is 1. The highest BCUT2D eigenvalue weighted by Crippen LogP contribution is 2.18. The van der Waals surface area contributed by atoms with Crippen molar-refractivity contribution in [2.24, 2.45) is 0 Å². The van der Waals surface area contributed by atoms with Crippen LogP contribution >= 0.6 is 0 Å². The van der Waals surface area contributed by atoms with E-state index in [4.69, 9.17) is 4.74 Å². The number of unbranched alkanes of at least 4 members (excludes halogenated alkanes) is 48. The van der Waals surface area contributed by atoms with E-state index in [2.05, 4.69) is 43.5 Å². The monoisotopic (exact) mass is 1050 g/mol. The first-order chi connectivity index (χ1) is 37.0. The zero-order valence-corrected chi connectivity index (χ0v) is 50.5. The minimum absolute atomic E-state index is 0.00121. The number of carbonyl (C=O) groups excluding carboxylic acids is 2. The van der Waals surface area contributed by atoms with Crippen LogP contribution in [0, 0.1) is 0 Å². The Balaban J connectivity index is 3.45. The van der Waals surface area contributed by atoms with Crippen LogP contribution in [0.2, 0.25) is 0 Å². The van der Waals surface area contributed by atoms with Gasteiger partial charge in [0.25, 0.3) is 0 Å². The number of ether oxygens (including phenoxy) is 1. The second kappa shape index (κ2) is 64.6. The molecule has 0 aliphatic rings. The molecule has 3 N–H and O–H groups in total. The molecular formula is C69H131NO5. The summed E-state index contributed by atoms with van der Waals surface area (Å²) in [7, 11) is 0. The Morgan fingerprint density at radius 1 is 0.360 bits per heavy atom. The van der Waals surface area contributed by atoms with E-state index in [1.54, 1.807) is 6.08 Å². The number of aliphatic hydroxyl groups is 2. The maximum absolute atomic E-state index is 12.5. The smallest absolute Gasteiger partial charge is 0.305 e. The largest absolute Gasteiger partial charge is 0.466 e. The van der Waals surface area contributed by atoms with Crippen LogP contribution in [-0.2, 0) is 14.3 Å². The second-order valence-corrected chi connectivity index (χ2v) is 23.1. The minimum Gasteiger partial charge on any atom is -0.466 e. The van der Waals surface area contributed by atoms with Crippen molar-refractivity contribution >= 4 is 11.9 Å². The molecule has 6 heteroatoms. The lowest BCUT2D eigenvalue weighted by Gasteiger charge is -2.20. The van der Waals surface area contributed by atoms with Crippen LogP contribution in [0.5, 0.6) is 0 Å². The molecule has 2 unspecified atom stereocenters. The number of allylic oxidation sites excluding steroid dienone is 5. The first-order valence-corrected chi connectivity index (χ1v) is 33.8. The molecule has 0 spiro atoms. The third-order valence-electron chi connectivity index (χ3n) is 15.6. The normalized spacial score (nSPS) is 12.7. The predicted octanol–water partition coefficient (Wildman–Crippen LogP) is 21.5. The summed E-state index contributed by atoms with van der Waals surface area (Å²) < 4.78 is 5.48. The Hall–Kier alpha value is -1.92. The summed E-state index contributed by atoms with van der Waals surface area (Å²) in [5, 5.41) is 23.2. The van der Waals surface area contributed by atoms with Crippen LogP contribution in [0.15, 0.2) is 36.5 Å². The number of hydrogen-bond acceptors (Lipinski definition) is 5. The summed E-state index contributed by atoms with van der Waals surface area (Å²) in [6, 6.07) is -0.634. The minimum atomic E-state index is -0.850. The van der Waals surface area contributed by atoms with Gasteiger partial charge in [-0.25, -0.2) is 0 Å². The van der Waals surface area contributed by atoms with E-state index >= 15 is 0 Å². The van der Waals surface area contributed by atoms with Crippen molar-refractivity contribution in [2.75, 3.05) is 13.2 Å². The van der Waals surface area contributed by atoms with Crippen molar-refractivity contribution in [1.29, 1.82) is 0 Å². The Morgan fingerprint density at radius 3 is 0.947 bits per heavy atom. The number of hydrogen-bond donors (Lipinski definition) is 3. The van der Waals surface area contributed by atoms with Crippen molar-refractivity contribution in [2.45, 2.75) is 379 Å². The zero-order valence-electron chi connectivity index (χ0n) is 50.5. The average molecular weight is 1050 g/mol. The molecule has 0 radical (unpaired) electrons. The predicted molar refractivity (Wildman–Crippen MR) is 329 cm³/mol.